The lowest BCUT2D eigenvalue weighted by Gasteiger charge is -1.96. The molecule has 15 heavy (non-hydrogen) atoms. The fraction of sp³-hybridized carbons (Fsp3) is 0.167. The van der Waals surface area contributed by atoms with Crippen LogP contribution in [-0.4, -0.2) is 24.9 Å². The molecule has 0 atom stereocenters. The van der Waals surface area contributed by atoms with Gasteiger partial charge in [0.15, 0.2) is 6.21 Å². The molecule has 2 nitrogen and oxygen atoms in total. The van der Waals surface area contributed by atoms with Crippen molar-refractivity contribution in [2.45, 2.75) is 0 Å². The summed E-state index contributed by atoms with van der Waals surface area (Å²) in [4.78, 5) is 0. The average Bonchev–Trinajstić information content (AvgIpc) is 2.26. The molecule has 0 aliphatic carbocycles. The maximum atomic E-state index is 8.63. The molecule has 0 heterocycles. The van der Waals surface area contributed by atoms with E-state index >= 15 is 0 Å². The van der Waals surface area contributed by atoms with Crippen molar-refractivity contribution in [2.24, 2.45) is 0 Å². The van der Waals surface area contributed by atoms with Crippen molar-refractivity contribution < 1.29 is 4.58 Å². The molecule has 0 spiro atoms. The molecule has 76 valence electrons. The third kappa shape index (κ3) is 3.57. The first-order valence-corrected chi connectivity index (χ1v) is 4.89. The van der Waals surface area contributed by atoms with E-state index in [2.05, 4.69) is 6.07 Å². The lowest BCUT2D eigenvalue weighted by molar-refractivity contribution is -0.458. The fourth-order valence-electron chi connectivity index (χ4n) is 1.01. The summed E-state index contributed by atoms with van der Waals surface area (Å²) in [7, 11) is 3.86. The Kier molecular flexibility index (Phi) is 4.08. The summed E-state index contributed by atoms with van der Waals surface area (Å²) < 4.78 is 1.91. The molecule has 0 saturated carbocycles. The number of nitriles is 1. The molecule has 0 aromatic heterocycles. The second-order valence-corrected chi connectivity index (χ2v) is 3.72. The highest BCUT2D eigenvalue weighted by molar-refractivity contribution is 6.49. The molecule has 0 saturated heterocycles. The minimum Gasteiger partial charge on any atom is -0.241 e. The van der Waals surface area contributed by atoms with Crippen LogP contribution in [0.15, 0.2) is 30.3 Å². The van der Waals surface area contributed by atoms with Gasteiger partial charge < -0.3 is 0 Å². The standard InChI is InChI=1S/C12H12ClN2/c1-15(2)8-7-12(13)11-5-3-10(9-14)4-6-11/h3-8H,1-2H3/q+1/b12-7+. The smallest absolute Gasteiger partial charge is 0.164 e. The van der Waals surface area contributed by atoms with Gasteiger partial charge in [-0.1, -0.05) is 23.7 Å². The van der Waals surface area contributed by atoms with E-state index in [0.29, 0.717) is 10.6 Å². The van der Waals surface area contributed by atoms with E-state index in [9.17, 15) is 0 Å². The first-order valence-electron chi connectivity index (χ1n) is 4.51. The molecule has 0 N–H and O–H groups in total. The summed E-state index contributed by atoms with van der Waals surface area (Å²) in [6.07, 6.45) is 3.70. The second kappa shape index (κ2) is 5.33. The number of hydrogen-bond acceptors (Lipinski definition) is 1. The van der Waals surface area contributed by atoms with Gasteiger partial charge in [-0.25, -0.2) is 4.58 Å². The Bertz CT molecular complexity index is 432. The lowest BCUT2D eigenvalue weighted by Crippen LogP contribution is -1.95. The van der Waals surface area contributed by atoms with Gasteiger partial charge in [-0.05, 0) is 17.7 Å². The first-order chi connectivity index (χ1) is 7.13. The van der Waals surface area contributed by atoms with E-state index in [0.717, 1.165) is 5.56 Å². The summed E-state index contributed by atoms with van der Waals surface area (Å²) >= 11 is 6.07. The zero-order valence-electron chi connectivity index (χ0n) is 8.74. The quantitative estimate of drug-likeness (QED) is 0.555. The highest BCUT2D eigenvalue weighted by Gasteiger charge is 1.97. The maximum absolute atomic E-state index is 8.63. The van der Waals surface area contributed by atoms with Crippen molar-refractivity contribution in [1.29, 1.82) is 5.26 Å². The van der Waals surface area contributed by atoms with Gasteiger partial charge in [0.05, 0.1) is 16.7 Å². The van der Waals surface area contributed by atoms with Crippen LogP contribution in [-0.2, 0) is 0 Å². The summed E-state index contributed by atoms with van der Waals surface area (Å²) in [5.41, 5.74) is 1.55. The van der Waals surface area contributed by atoms with E-state index in [-0.39, 0.29) is 0 Å². The van der Waals surface area contributed by atoms with Crippen molar-refractivity contribution in [3.05, 3.63) is 41.5 Å². The number of nitrogens with zero attached hydrogens (tertiary/aromatic N) is 2. The molecule has 0 amide bonds. The summed E-state index contributed by atoms with van der Waals surface area (Å²) in [6.45, 7) is 0. The SMILES string of the molecule is C[N+](C)=C/C=C(/Cl)c1ccc(C#N)cc1. The normalized spacial score (nSPS) is 10.7. The minimum atomic E-state index is 0.639. The third-order valence-corrected chi connectivity index (χ3v) is 2.15. The van der Waals surface area contributed by atoms with Crippen LogP contribution in [0, 0.1) is 11.3 Å². The molecule has 0 unspecified atom stereocenters. The largest absolute Gasteiger partial charge is 0.241 e. The molecule has 0 aliphatic heterocycles. The third-order valence-electron chi connectivity index (χ3n) is 1.81. The monoisotopic (exact) mass is 219 g/mol. The van der Waals surface area contributed by atoms with E-state index in [4.69, 9.17) is 16.9 Å². The molecular weight excluding hydrogens is 208 g/mol. The molecule has 1 rings (SSSR count). The Morgan fingerprint density at radius 3 is 2.40 bits per heavy atom. The Morgan fingerprint density at radius 1 is 1.33 bits per heavy atom. The predicted molar refractivity (Wildman–Crippen MR) is 63.2 cm³/mol. The molecule has 1 aromatic carbocycles. The molecule has 0 radical (unpaired) electrons. The van der Waals surface area contributed by atoms with Crippen molar-refractivity contribution in [2.75, 3.05) is 14.1 Å². The molecule has 1 aromatic rings. The zero-order valence-corrected chi connectivity index (χ0v) is 9.49. The highest BCUT2D eigenvalue weighted by atomic mass is 35.5. The van der Waals surface area contributed by atoms with Gasteiger partial charge in [-0.15, -0.1) is 0 Å². The van der Waals surface area contributed by atoms with Crippen LogP contribution in [0.1, 0.15) is 11.1 Å². The van der Waals surface area contributed by atoms with Crippen molar-refractivity contribution in [1.82, 2.24) is 0 Å². The Labute approximate surface area is 94.7 Å². The summed E-state index contributed by atoms with van der Waals surface area (Å²) in [5, 5.41) is 9.29. The van der Waals surface area contributed by atoms with Crippen LogP contribution in [0.2, 0.25) is 0 Å². The average molecular weight is 220 g/mol. The Balaban J connectivity index is 2.93. The van der Waals surface area contributed by atoms with E-state index < -0.39 is 0 Å². The van der Waals surface area contributed by atoms with Gasteiger partial charge in [-0.3, -0.25) is 0 Å². The fourth-order valence-corrected chi connectivity index (χ4v) is 1.20. The summed E-state index contributed by atoms with van der Waals surface area (Å²) in [5.74, 6) is 0. The van der Waals surface area contributed by atoms with Gasteiger partial charge in [-0.2, -0.15) is 5.26 Å². The summed E-state index contributed by atoms with van der Waals surface area (Å²) in [6, 6.07) is 9.24. The van der Waals surface area contributed by atoms with Gasteiger partial charge >= 0.3 is 0 Å². The van der Waals surface area contributed by atoms with Crippen LogP contribution < -0.4 is 0 Å². The topological polar surface area (TPSA) is 26.8 Å². The molecular formula is C12H12ClN2+. The number of hydrogen-bond donors (Lipinski definition) is 0. The van der Waals surface area contributed by atoms with Crippen molar-refractivity contribution in [3.8, 4) is 6.07 Å². The number of benzene rings is 1. The number of rotatable bonds is 2. The van der Waals surface area contributed by atoms with Crippen LogP contribution in [0.5, 0.6) is 0 Å². The van der Waals surface area contributed by atoms with Crippen LogP contribution in [0.4, 0.5) is 0 Å². The van der Waals surface area contributed by atoms with Gasteiger partial charge in [0.1, 0.15) is 14.1 Å². The molecule has 0 fully saturated rings. The van der Waals surface area contributed by atoms with E-state index in [1.54, 1.807) is 12.1 Å². The lowest BCUT2D eigenvalue weighted by atomic mass is 10.1. The Hall–Kier alpha value is -1.59. The maximum Gasteiger partial charge on any atom is 0.164 e. The van der Waals surface area contributed by atoms with Crippen LogP contribution in [0.3, 0.4) is 0 Å². The predicted octanol–water partition coefficient (Wildman–Crippen LogP) is 2.48. The van der Waals surface area contributed by atoms with Crippen LogP contribution in [0.25, 0.3) is 5.03 Å². The van der Waals surface area contributed by atoms with Crippen LogP contribution >= 0.6 is 11.6 Å². The number of halogens is 1. The van der Waals surface area contributed by atoms with E-state index in [1.165, 1.54) is 0 Å². The van der Waals surface area contributed by atoms with Gasteiger partial charge in [0, 0.05) is 6.08 Å². The van der Waals surface area contributed by atoms with Gasteiger partial charge in [0.2, 0.25) is 0 Å². The van der Waals surface area contributed by atoms with Crippen molar-refractivity contribution >= 4 is 22.8 Å². The molecule has 0 aliphatic rings. The minimum absolute atomic E-state index is 0.639. The zero-order chi connectivity index (χ0) is 11.3. The second-order valence-electron chi connectivity index (χ2n) is 3.32. The van der Waals surface area contributed by atoms with Gasteiger partial charge in [0.25, 0.3) is 0 Å². The van der Waals surface area contributed by atoms with E-state index in [1.807, 2.05) is 43.1 Å². The highest BCUT2D eigenvalue weighted by Crippen LogP contribution is 2.18. The van der Waals surface area contributed by atoms with Crippen molar-refractivity contribution in [3.63, 3.8) is 0 Å². The number of allylic oxidation sites excluding steroid dienone is 1. The Morgan fingerprint density at radius 2 is 1.93 bits per heavy atom. The first kappa shape index (κ1) is 11.5. The molecule has 3 heteroatoms. The molecule has 0 bridgehead atoms.